The molecule has 0 bridgehead atoms. The van der Waals surface area contributed by atoms with Gasteiger partial charge in [-0.3, -0.25) is 0 Å². The summed E-state index contributed by atoms with van der Waals surface area (Å²) in [5.41, 5.74) is 0.502. The van der Waals surface area contributed by atoms with Crippen LogP contribution in [0.5, 0.6) is 0 Å². The quantitative estimate of drug-likeness (QED) is 0.597. The smallest absolute Gasteiger partial charge is 0.123 e. The normalized spacial score (nSPS) is 13.4. The van der Waals surface area contributed by atoms with Gasteiger partial charge in [0, 0.05) is 7.11 Å². The number of aromatic nitrogens is 3. The molecule has 2 N–H and O–H groups in total. The second-order valence-electron chi connectivity index (χ2n) is 1.87. The summed E-state index contributed by atoms with van der Waals surface area (Å²) in [6.07, 6.45) is 0.785. The molecule has 0 spiro atoms. The topological polar surface area (TPSA) is 71.0 Å². The van der Waals surface area contributed by atoms with Crippen LogP contribution in [-0.4, -0.2) is 34.2 Å². The largest absolute Gasteiger partial charge is 0.384 e. The molecule has 1 rings (SSSR count). The molecule has 10 heavy (non-hydrogen) atoms. The van der Waals surface area contributed by atoms with E-state index in [2.05, 4.69) is 15.4 Å². The maximum atomic E-state index is 9.16. The van der Waals surface area contributed by atoms with Gasteiger partial charge >= 0.3 is 0 Å². The van der Waals surface area contributed by atoms with E-state index in [-0.39, 0.29) is 6.61 Å². The van der Waals surface area contributed by atoms with Crippen LogP contribution in [0.25, 0.3) is 0 Å². The molecule has 5 nitrogen and oxygen atoms in total. The number of rotatable bonds is 3. The van der Waals surface area contributed by atoms with Gasteiger partial charge < -0.3 is 9.84 Å². The highest BCUT2D eigenvalue weighted by molar-refractivity contribution is 4.95. The maximum Gasteiger partial charge on any atom is 0.123 e. The first-order valence-electron chi connectivity index (χ1n) is 2.87. The van der Waals surface area contributed by atoms with Crippen molar-refractivity contribution in [2.24, 2.45) is 0 Å². The van der Waals surface area contributed by atoms with E-state index in [4.69, 9.17) is 9.84 Å². The molecule has 0 aliphatic rings. The van der Waals surface area contributed by atoms with Crippen molar-refractivity contribution in [3.05, 3.63) is 11.9 Å². The molecule has 0 saturated heterocycles. The summed E-state index contributed by atoms with van der Waals surface area (Å²) in [5, 5.41) is 18.8. The number of ether oxygens (including phenoxy) is 1. The van der Waals surface area contributed by atoms with Gasteiger partial charge in [-0.1, -0.05) is 0 Å². The fourth-order valence-corrected chi connectivity index (χ4v) is 0.614. The second kappa shape index (κ2) is 3.28. The minimum Gasteiger partial charge on any atom is -0.384 e. The van der Waals surface area contributed by atoms with Crippen LogP contribution < -0.4 is 0 Å². The highest BCUT2D eigenvalue weighted by Gasteiger charge is 2.08. The van der Waals surface area contributed by atoms with Crippen molar-refractivity contribution in [3.63, 3.8) is 0 Å². The van der Waals surface area contributed by atoms with Crippen LogP contribution in [0.2, 0.25) is 0 Å². The number of nitrogens with one attached hydrogen (secondary N) is 1. The van der Waals surface area contributed by atoms with Crippen LogP contribution in [0, 0.1) is 0 Å². The molecule has 5 heteroatoms. The van der Waals surface area contributed by atoms with Crippen LogP contribution in [-0.2, 0) is 4.74 Å². The molecule has 0 aromatic carbocycles. The standard InChI is InChI=1S/C5H9N3O2/c1-10-3-5(9)4-2-6-8-7-4/h2,5,9H,3H2,1H3,(H,6,7,8). The lowest BCUT2D eigenvalue weighted by molar-refractivity contribution is 0.0616. The molecule has 0 fully saturated rings. The summed E-state index contributed by atoms with van der Waals surface area (Å²) in [7, 11) is 1.52. The number of hydrogen-bond donors (Lipinski definition) is 2. The van der Waals surface area contributed by atoms with Gasteiger partial charge in [0.1, 0.15) is 11.8 Å². The Labute approximate surface area is 58.0 Å². The fraction of sp³-hybridized carbons (Fsp3) is 0.600. The van der Waals surface area contributed by atoms with Crippen LogP contribution in [0.1, 0.15) is 11.8 Å². The van der Waals surface area contributed by atoms with Crippen LogP contribution >= 0.6 is 0 Å². The zero-order valence-corrected chi connectivity index (χ0v) is 5.61. The lowest BCUT2D eigenvalue weighted by Gasteiger charge is -2.02. The summed E-state index contributed by atoms with van der Waals surface area (Å²) in [4.78, 5) is 0. The van der Waals surface area contributed by atoms with E-state index in [0.717, 1.165) is 0 Å². The monoisotopic (exact) mass is 143 g/mol. The Morgan fingerprint density at radius 1 is 1.90 bits per heavy atom. The van der Waals surface area contributed by atoms with Crippen LogP contribution in [0.3, 0.4) is 0 Å². The Bertz CT molecular complexity index is 175. The third-order valence-electron chi connectivity index (χ3n) is 1.10. The van der Waals surface area contributed by atoms with E-state index < -0.39 is 6.10 Å². The Morgan fingerprint density at radius 2 is 2.70 bits per heavy atom. The molecule has 0 saturated carbocycles. The average molecular weight is 143 g/mol. The van der Waals surface area contributed by atoms with E-state index in [1.807, 2.05) is 0 Å². The highest BCUT2D eigenvalue weighted by Crippen LogP contribution is 2.05. The van der Waals surface area contributed by atoms with Crippen molar-refractivity contribution < 1.29 is 9.84 Å². The molecule has 0 aliphatic carbocycles. The van der Waals surface area contributed by atoms with Crippen molar-refractivity contribution >= 4 is 0 Å². The molecular weight excluding hydrogens is 134 g/mol. The highest BCUT2D eigenvalue weighted by atomic mass is 16.5. The van der Waals surface area contributed by atoms with E-state index in [9.17, 15) is 0 Å². The molecule has 1 aromatic rings. The number of nitrogens with zero attached hydrogens (tertiary/aromatic N) is 2. The molecular formula is C5H9N3O2. The Balaban J connectivity index is 2.50. The first-order valence-corrected chi connectivity index (χ1v) is 2.87. The van der Waals surface area contributed by atoms with E-state index in [0.29, 0.717) is 5.69 Å². The number of methoxy groups -OCH3 is 1. The summed E-state index contributed by atoms with van der Waals surface area (Å²) in [6, 6.07) is 0. The first-order chi connectivity index (χ1) is 4.84. The SMILES string of the molecule is COCC(O)c1cn[nH]n1. The predicted molar refractivity (Wildman–Crippen MR) is 33.2 cm³/mol. The Morgan fingerprint density at radius 3 is 3.20 bits per heavy atom. The van der Waals surface area contributed by atoms with Crippen LogP contribution in [0.4, 0.5) is 0 Å². The average Bonchev–Trinajstić information content (AvgIpc) is 2.38. The van der Waals surface area contributed by atoms with Gasteiger partial charge in [-0.2, -0.15) is 15.4 Å². The van der Waals surface area contributed by atoms with Gasteiger partial charge in [0.25, 0.3) is 0 Å². The fourth-order valence-electron chi connectivity index (χ4n) is 0.614. The lowest BCUT2D eigenvalue weighted by Crippen LogP contribution is -2.05. The zero-order chi connectivity index (χ0) is 7.40. The van der Waals surface area contributed by atoms with Crippen molar-refractivity contribution in [3.8, 4) is 0 Å². The summed E-state index contributed by atoms with van der Waals surface area (Å²) in [5.74, 6) is 0. The number of aliphatic hydroxyl groups excluding tert-OH is 1. The van der Waals surface area contributed by atoms with Crippen LogP contribution in [0.15, 0.2) is 6.20 Å². The third-order valence-corrected chi connectivity index (χ3v) is 1.10. The molecule has 1 unspecified atom stereocenters. The van der Waals surface area contributed by atoms with E-state index >= 15 is 0 Å². The van der Waals surface area contributed by atoms with E-state index in [1.54, 1.807) is 0 Å². The first kappa shape index (κ1) is 7.17. The summed E-state index contributed by atoms with van der Waals surface area (Å²) in [6.45, 7) is 0.243. The molecule has 1 heterocycles. The van der Waals surface area contributed by atoms with Gasteiger partial charge in [-0.05, 0) is 0 Å². The van der Waals surface area contributed by atoms with Crippen molar-refractivity contribution in [1.29, 1.82) is 0 Å². The summed E-state index contributed by atoms with van der Waals surface area (Å²) >= 11 is 0. The second-order valence-corrected chi connectivity index (χ2v) is 1.87. The van der Waals surface area contributed by atoms with Crippen molar-refractivity contribution in [2.45, 2.75) is 6.10 Å². The zero-order valence-electron chi connectivity index (χ0n) is 5.61. The van der Waals surface area contributed by atoms with Crippen molar-refractivity contribution in [1.82, 2.24) is 15.4 Å². The van der Waals surface area contributed by atoms with Gasteiger partial charge in [0.2, 0.25) is 0 Å². The van der Waals surface area contributed by atoms with Gasteiger partial charge in [0.05, 0.1) is 12.8 Å². The lowest BCUT2D eigenvalue weighted by atomic mass is 10.3. The van der Waals surface area contributed by atoms with Gasteiger partial charge in [0.15, 0.2) is 0 Å². The molecule has 0 radical (unpaired) electrons. The number of aliphatic hydroxyl groups is 1. The Hall–Kier alpha value is -0.940. The molecule has 1 atom stereocenters. The maximum absolute atomic E-state index is 9.16. The van der Waals surface area contributed by atoms with Gasteiger partial charge in [-0.15, -0.1) is 0 Å². The molecule has 56 valence electrons. The molecule has 1 aromatic heterocycles. The predicted octanol–water partition coefficient (Wildman–Crippen LogP) is -0.516. The number of aromatic amines is 1. The number of H-pyrrole nitrogens is 1. The van der Waals surface area contributed by atoms with Crippen molar-refractivity contribution in [2.75, 3.05) is 13.7 Å². The summed E-state index contributed by atoms with van der Waals surface area (Å²) < 4.78 is 4.70. The van der Waals surface area contributed by atoms with Gasteiger partial charge in [-0.25, -0.2) is 0 Å². The molecule has 0 aliphatic heterocycles. The minimum atomic E-state index is -0.677. The van der Waals surface area contributed by atoms with E-state index in [1.165, 1.54) is 13.3 Å². The third kappa shape index (κ3) is 1.52. The molecule has 0 amide bonds. The Kier molecular flexibility index (Phi) is 2.35. The minimum absolute atomic E-state index is 0.243. The number of hydrogen-bond acceptors (Lipinski definition) is 4.